The Balaban J connectivity index is 1.24. The molecule has 2 aliphatic heterocycles. The summed E-state index contributed by atoms with van der Waals surface area (Å²) in [6.07, 6.45) is 2.15. The summed E-state index contributed by atoms with van der Waals surface area (Å²) in [4.78, 5) is 26.6. The molecular weight excluding hydrogens is 388 g/mol. The van der Waals surface area contributed by atoms with Crippen LogP contribution in [0.25, 0.3) is 0 Å². The Morgan fingerprint density at radius 3 is 2.62 bits per heavy atom. The molecule has 29 heavy (non-hydrogen) atoms. The van der Waals surface area contributed by atoms with Crippen molar-refractivity contribution in [2.24, 2.45) is 0 Å². The molecule has 0 atom stereocenters. The number of piperazine rings is 1. The lowest BCUT2D eigenvalue weighted by Gasteiger charge is -2.36. The molecule has 0 radical (unpaired) electrons. The van der Waals surface area contributed by atoms with Gasteiger partial charge in [0.1, 0.15) is 25.4 Å². The molecule has 8 heteroatoms. The Hall–Kier alpha value is -2.48. The van der Waals surface area contributed by atoms with Crippen LogP contribution in [0.3, 0.4) is 0 Å². The molecule has 3 heterocycles. The van der Waals surface area contributed by atoms with E-state index in [1.54, 1.807) is 18.1 Å². The zero-order valence-electron chi connectivity index (χ0n) is 16.9. The number of hydrogen-bond acceptors (Lipinski definition) is 7. The Morgan fingerprint density at radius 1 is 1.07 bits per heavy atom. The number of aryl methyl sites for hydroxylation is 1. The van der Waals surface area contributed by atoms with Gasteiger partial charge in [-0.25, -0.2) is 9.97 Å². The lowest BCUT2D eigenvalue weighted by Crippen LogP contribution is -2.49. The van der Waals surface area contributed by atoms with Gasteiger partial charge in [-0.15, -0.1) is 11.8 Å². The van der Waals surface area contributed by atoms with E-state index in [9.17, 15) is 4.79 Å². The highest BCUT2D eigenvalue weighted by molar-refractivity contribution is 7.99. The number of ether oxygens (including phenoxy) is 2. The number of thioether (sulfide) groups is 1. The van der Waals surface area contributed by atoms with Crippen LogP contribution < -0.4 is 14.4 Å². The summed E-state index contributed by atoms with van der Waals surface area (Å²) in [5, 5.41) is 0. The maximum absolute atomic E-state index is 12.6. The smallest absolute Gasteiger partial charge is 0.223 e. The fraction of sp³-hybridized carbons (Fsp3) is 0.476. The average molecular weight is 415 g/mol. The van der Waals surface area contributed by atoms with E-state index >= 15 is 0 Å². The molecule has 1 saturated heterocycles. The van der Waals surface area contributed by atoms with Crippen LogP contribution in [0.4, 0.5) is 5.82 Å². The van der Waals surface area contributed by atoms with Crippen molar-refractivity contribution in [2.75, 3.05) is 50.0 Å². The Kier molecular flexibility index (Phi) is 6.08. The molecule has 0 saturated carbocycles. The number of nitrogens with zero attached hydrogens (tertiary/aromatic N) is 4. The van der Waals surface area contributed by atoms with E-state index < -0.39 is 0 Å². The SMILES string of the molecule is Cc1ncnc(N2CCN(C(=O)CCSc3ccc4c(c3)OCCO4)CC2)c1C. The highest BCUT2D eigenvalue weighted by Crippen LogP contribution is 2.34. The van der Waals surface area contributed by atoms with E-state index in [-0.39, 0.29) is 5.91 Å². The third kappa shape index (κ3) is 4.58. The van der Waals surface area contributed by atoms with Gasteiger partial charge in [0.05, 0.1) is 0 Å². The van der Waals surface area contributed by atoms with Crippen molar-refractivity contribution in [2.45, 2.75) is 25.2 Å². The first-order valence-corrected chi connectivity index (χ1v) is 10.9. The van der Waals surface area contributed by atoms with Crippen molar-refractivity contribution in [1.29, 1.82) is 0 Å². The molecule has 1 aromatic heterocycles. The first-order chi connectivity index (χ1) is 14.1. The van der Waals surface area contributed by atoms with E-state index in [0.29, 0.717) is 19.6 Å². The summed E-state index contributed by atoms with van der Waals surface area (Å²) < 4.78 is 11.2. The van der Waals surface area contributed by atoms with Gasteiger partial charge in [-0.1, -0.05) is 0 Å². The minimum atomic E-state index is 0.213. The van der Waals surface area contributed by atoms with Gasteiger partial charge in [0, 0.05) is 54.5 Å². The molecule has 0 unspecified atom stereocenters. The molecule has 0 spiro atoms. The first-order valence-electron chi connectivity index (χ1n) is 9.95. The standard InChI is InChI=1S/C21H26N4O3S/c1-15-16(2)22-14-23-21(15)25-8-6-24(7-9-25)20(26)5-12-29-17-3-4-18-19(13-17)28-11-10-27-18/h3-4,13-14H,5-12H2,1-2H3. The second-order valence-electron chi connectivity index (χ2n) is 7.18. The van der Waals surface area contributed by atoms with Crippen LogP contribution in [0.2, 0.25) is 0 Å². The summed E-state index contributed by atoms with van der Waals surface area (Å²) in [7, 11) is 0. The number of fused-ring (bicyclic) bond motifs is 1. The topological polar surface area (TPSA) is 67.8 Å². The van der Waals surface area contributed by atoms with Gasteiger partial charge in [-0.05, 0) is 32.0 Å². The van der Waals surface area contributed by atoms with Gasteiger partial charge >= 0.3 is 0 Å². The predicted molar refractivity (Wildman–Crippen MR) is 113 cm³/mol. The van der Waals surface area contributed by atoms with Crippen LogP contribution in [-0.4, -0.2) is 65.9 Å². The molecule has 154 valence electrons. The van der Waals surface area contributed by atoms with Gasteiger partial charge in [0.25, 0.3) is 0 Å². The Morgan fingerprint density at radius 2 is 1.83 bits per heavy atom. The van der Waals surface area contributed by atoms with E-state index in [1.807, 2.05) is 30.0 Å². The number of anilines is 1. The van der Waals surface area contributed by atoms with E-state index in [4.69, 9.17) is 9.47 Å². The van der Waals surface area contributed by atoms with Gasteiger partial charge in [0.15, 0.2) is 11.5 Å². The number of hydrogen-bond donors (Lipinski definition) is 0. The summed E-state index contributed by atoms with van der Waals surface area (Å²) in [6.45, 7) is 8.30. The molecule has 4 rings (SSSR count). The lowest BCUT2D eigenvalue weighted by molar-refractivity contribution is -0.131. The second kappa shape index (κ2) is 8.90. The van der Waals surface area contributed by atoms with Crippen molar-refractivity contribution < 1.29 is 14.3 Å². The van der Waals surface area contributed by atoms with Gasteiger partial charge in [-0.3, -0.25) is 4.79 Å². The maximum Gasteiger partial charge on any atom is 0.223 e. The summed E-state index contributed by atoms with van der Waals surface area (Å²) in [5.41, 5.74) is 2.12. The molecule has 0 aliphatic carbocycles. The number of amides is 1. The molecule has 1 aromatic carbocycles. The molecule has 2 aromatic rings. The fourth-order valence-electron chi connectivity index (χ4n) is 3.54. The summed E-state index contributed by atoms with van der Waals surface area (Å²) in [5.74, 6) is 3.54. The number of carbonyl (C=O) groups excluding carboxylic acids is 1. The van der Waals surface area contributed by atoms with Gasteiger partial charge in [-0.2, -0.15) is 0 Å². The maximum atomic E-state index is 12.6. The van der Waals surface area contributed by atoms with Crippen LogP contribution in [0.5, 0.6) is 11.5 Å². The third-order valence-electron chi connectivity index (χ3n) is 5.34. The van der Waals surface area contributed by atoms with Gasteiger partial charge in [0.2, 0.25) is 5.91 Å². The molecule has 1 fully saturated rings. The Labute approximate surface area is 175 Å². The zero-order valence-corrected chi connectivity index (χ0v) is 17.7. The monoisotopic (exact) mass is 414 g/mol. The molecule has 2 aliphatic rings. The number of carbonyl (C=O) groups is 1. The van der Waals surface area contributed by atoms with E-state index in [2.05, 4.69) is 21.8 Å². The number of aromatic nitrogens is 2. The van der Waals surface area contributed by atoms with Crippen LogP contribution in [0, 0.1) is 13.8 Å². The first kappa shape index (κ1) is 19.8. The van der Waals surface area contributed by atoms with Crippen LogP contribution in [0.15, 0.2) is 29.4 Å². The predicted octanol–water partition coefficient (Wildman–Crippen LogP) is 2.70. The molecule has 7 nitrogen and oxygen atoms in total. The largest absolute Gasteiger partial charge is 0.486 e. The highest BCUT2D eigenvalue weighted by atomic mass is 32.2. The van der Waals surface area contributed by atoms with Crippen LogP contribution in [0.1, 0.15) is 17.7 Å². The summed E-state index contributed by atoms with van der Waals surface area (Å²) >= 11 is 1.68. The second-order valence-corrected chi connectivity index (χ2v) is 8.35. The van der Waals surface area contributed by atoms with Crippen molar-refractivity contribution in [3.05, 3.63) is 35.8 Å². The quantitative estimate of drug-likeness (QED) is 0.697. The molecule has 1 amide bonds. The minimum Gasteiger partial charge on any atom is -0.486 e. The zero-order chi connectivity index (χ0) is 20.2. The van der Waals surface area contributed by atoms with Crippen LogP contribution >= 0.6 is 11.8 Å². The number of rotatable bonds is 5. The van der Waals surface area contributed by atoms with Crippen molar-refractivity contribution in [1.82, 2.24) is 14.9 Å². The van der Waals surface area contributed by atoms with E-state index in [1.165, 1.54) is 0 Å². The Bertz CT molecular complexity index is 884. The van der Waals surface area contributed by atoms with Crippen molar-refractivity contribution in [3.8, 4) is 11.5 Å². The number of benzene rings is 1. The summed E-state index contributed by atoms with van der Waals surface area (Å²) in [6, 6.07) is 5.95. The van der Waals surface area contributed by atoms with Gasteiger partial charge < -0.3 is 19.3 Å². The molecule has 0 bridgehead atoms. The third-order valence-corrected chi connectivity index (χ3v) is 6.34. The molecule has 0 N–H and O–H groups in total. The van der Waals surface area contributed by atoms with Crippen molar-refractivity contribution in [3.63, 3.8) is 0 Å². The molecular formula is C21H26N4O3S. The average Bonchev–Trinajstić information content (AvgIpc) is 2.75. The van der Waals surface area contributed by atoms with E-state index in [0.717, 1.165) is 65.4 Å². The fourth-order valence-corrected chi connectivity index (χ4v) is 4.41. The minimum absolute atomic E-state index is 0.213. The highest BCUT2D eigenvalue weighted by Gasteiger charge is 2.23. The lowest BCUT2D eigenvalue weighted by atomic mass is 10.2. The van der Waals surface area contributed by atoms with Crippen LogP contribution in [-0.2, 0) is 4.79 Å². The van der Waals surface area contributed by atoms with Crippen molar-refractivity contribution >= 4 is 23.5 Å². The normalized spacial score (nSPS) is 16.1.